The van der Waals surface area contributed by atoms with Gasteiger partial charge in [0.25, 0.3) is 0 Å². The summed E-state index contributed by atoms with van der Waals surface area (Å²) in [4.78, 5) is 11.0. The van der Waals surface area contributed by atoms with Gasteiger partial charge in [0.1, 0.15) is 5.54 Å². The van der Waals surface area contributed by atoms with Crippen LogP contribution >= 0.6 is 0 Å². The molecule has 4 nitrogen and oxygen atoms in total. The van der Waals surface area contributed by atoms with E-state index in [1.165, 1.54) is 0 Å². The van der Waals surface area contributed by atoms with E-state index in [0.717, 1.165) is 0 Å². The highest BCUT2D eigenvalue weighted by atomic mass is 16.4. The molecule has 0 radical (unpaired) electrons. The van der Waals surface area contributed by atoms with Crippen LogP contribution in [-0.2, 0) is 10.3 Å². The molecule has 0 aromatic heterocycles. The number of hydrogen-bond acceptors (Lipinski definition) is 3. The lowest BCUT2D eigenvalue weighted by atomic mass is 9.88. The third kappa shape index (κ3) is 1.70. The summed E-state index contributed by atoms with van der Waals surface area (Å²) in [5.41, 5.74) is 11.1. The first-order valence-electron chi connectivity index (χ1n) is 4.39. The van der Waals surface area contributed by atoms with Crippen LogP contribution in [0, 0.1) is 0 Å². The highest BCUT2D eigenvalue weighted by molar-refractivity contribution is 5.80. The number of benzene rings is 1. The number of nitrogen functional groups attached to an aromatic ring is 1. The Labute approximate surface area is 82.5 Å². The minimum absolute atomic E-state index is 0.340. The fourth-order valence-electron chi connectivity index (χ4n) is 1.26. The van der Waals surface area contributed by atoms with Crippen molar-refractivity contribution in [3.63, 3.8) is 0 Å². The van der Waals surface area contributed by atoms with E-state index in [9.17, 15) is 4.79 Å². The lowest BCUT2D eigenvalue weighted by molar-refractivity contribution is -0.143. The molecule has 0 saturated carbocycles. The Balaban J connectivity index is 3.13. The van der Waals surface area contributed by atoms with Crippen molar-refractivity contribution in [2.24, 2.45) is 5.73 Å². The van der Waals surface area contributed by atoms with Crippen LogP contribution in [0.3, 0.4) is 0 Å². The molecule has 0 heterocycles. The van der Waals surface area contributed by atoms with Crippen LogP contribution in [0.4, 0.5) is 5.69 Å². The molecule has 0 aliphatic carbocycles. The van der Waals surface area contributed by atoms with Gasteiger partial charge in [-0.2, -0.15) is 0 Å². The number of carbonyl (C=O) groups is 1. The number of rotatable bonds is 3. The zero-order valence-electron chi connectivity index (χ0n) is 8.03. The second-order valence-electron chi connectivity index (χ2n) is 3.25. The van der Waals surface area contributed by atoms with E-state index in [1.807, 2.05) is 0 Å². The summed E-state index contributed by atoms with van der Waals surface area (Å²) < 4.78 is 0. The van der Waals surface area contributed by atoms with Gasteiger partial charge in [-0.15, -0.1) is 0 Å². The largest absolute Gasteiger partial charge is 0.480 e. The quantitative estimate of drug-likeness (QED) is 0.624. The molecule has 1 aromatic rings. The van der Waals surface area contributed by atoms with Crippen LogP contribution < -0.4 is 11.5 Å². The monoisotopic (exact) mass is 194 g/mol. The van der Waals surface area contributed by atoms with Gasteiger partial charge < -0.3 is 16.6 Å². The number of hydrogen-bond donors (Lipinski definition) is 3. The maximum absolute atomic E-state index is 11.0. The minimum atomic E-state index is -1.31. The van der Waals surface area contributed by atoms with Gasteiger partial charge >= 0.3 is 5.97 Å². The van der Waals surface area contributed by atoms with Crippen molar-refractivity contribution in [3.8, 4) is 0 Å². The Kier molecular flexibility index (Phi) is 2.76. The first-order chi connectivity index (χ1) is 6.50. The van der Waals surface area contributed by atoms with Gasteiger partial charge in [0.2, 0.25) is 0 Å². The van der Waals surface area contributed by atoms with Crippen LogP contribution in [0.5, 0.6) is 0 Å². The average molecular weight is 194 g/mol. The Morgan fingerprint density at radius 3 is 2.29 bits per heavy atom. The summed E-state index contributed by atoms with van der Waals surface area (Å²) in [7, 11) is 0. The van der Waals surface area contributed by atoms with Gasteiger partial charge in [-0.25, -0.2) is 4.79 Å². The van der Waals surface area contributed by atoms with Crippen molar-refractivity contribution >= 4 is 11.7 Å². The van der Waals surface area contributed by atoms with E-state index >= 15 is 0 Å². The SMILES string of the molecule is CCC(N)(C(=O)O)c1ccc(N)cc1. The van der Waals surface area contributed by atoms with Crippen molar-refractivity contribution in [1.82, 2.24) is 0 Å². The fraction of sp³-hybridized carbons (Fsp3) is 0.300. The predicted molar refractivity (Wildman–Crippen MR) is 54.6 cm³/mol. The Morgan fingerprint density at radius 2 is 1.93 bits per heavy atom. The molecular weight excluding hydrogens is 180 g/mol. The number of carboxylic acid groups (broad SMARTS) is 1. The van der Waals surface area contributed by atoms with Crippen molar-refractivity contribution in [1.29, 1.82) is 0 Å². The molecule has 5 N–H and O–H groups in total. The van der Waals surface area contributed by atoms with Crippen LogP contribution in [0.1, 0.15) is 18.9 Å². The van der Waals surface area contributed by atoms with Gasteiger partial charge in [0, 0.05) is 5.69 Å². The molecule has 14 heavy (non-hydrogen) atoms. The smallest absolute Gasteiger partial charge is 0.328 e. The molecule has 1 atom stereocenters. The molecule has 0 aliphatic rings. The standard InChI is InChI=1S/C10H14N2O2/c1-2-10(12,9(13)14)7-3-5-8(11)6-4-7/h3-6H,2,11-12H2,1H3,(H,13,14). The number of nitrogens with two attached hydrogens (primary N) is 2. The third-order valence-electron chi connectivity index (χ3n) is 2.37. The van der Waals surface area contributed by atoms with E-state index in [1.54, 1.807) is 31.2 Å². The average Bonchev–Trinajstić information content (AvgIpc) is 2.17. The molecule has 1 rings (SSSR count). The van der Waals surface area contributed by atoms with E-state index in [4.69, 9.17) is 16.6 Å². The molecule has 0 bridgehead atoms. The number of carboxylic acids is 1. The highest BCUT2D eigenvalue weighted by Crippen LogP contribution is 2.23. The normalized spacial score (nSPS) is 14.7. The zero-order valence-corrected chi connectivity index (χ0v) is 8.03. The van der Waals surface area contributed by atoms with Crippen LogP contribution in [0.15, 0.2) is 24.3 Å². The second kappa shape index (κ2) is 3.67. The molecule has 0 aliphatic heterocycles. The lowest BCUT2D eigenvalue weighted by Gasteiger charge is -2.23. The van der Waals surface area contributed by atoms with Gasteiger partial charge in [0.05, 0.1) is 0 Å². The molecule has 0 saturated heterocycles. The maximum Gasteiger partial charge on any atom is 0.328 e. The first kappa shape index (κ1) is 10.5. The molecule has 76 valence electrons. The summed E-state index contributed by atoms with van der Waals surface area (Å²) in [6, 6.07) is 6.59. The van der Waals surface area contributed by atoms with E-state index in [-0.39, 0.29) is 0 Å². The van der Waals surface area contributed by atoms with E-state index in [0.29, 0.717) is 17.7 Å². The Morgan fingerprint density at radius 1 is 1.43 bits per heavy atom. The highest BCUT2D eigenvalue weighted by Gasteiger charge is 2.33. The Bertz CT molecular complexity index is 334. The van der Waals surface area contributed by atoms with Gasteiger partial charge in [-0.3, -0.25) is 0 Å². The van der Waals surface area contributed by atoms with Gasteiger partial charge in [-0.05, 0) is 24.1 Å². The van der Waals surface area contributed by atoms with Crippen LogP contribution in [-0.4, -0.2) is 11.1 Å². The topological polar surface area (TPSA) is 89.3 Å². The molecule has 4 heteroatoms. The molecule has 1 aromatic carbocycles. The molecular formula is C10H14N2O2. The van der Waals surface area contributed by atoms with Crippen LogP contribution in [0.25, 0.3) is 0 Å². The molecule has 0 fully saturated rings. The minimum Gasteiger partial charge on any atom is -0.480 e. The van der Waals surface area contributed by atoms with Crippen molar-refractivity contribution in [2.75, 3.05) is 5.73 Å². The van der Waals surface area contributed by atoms with E-state index in [2.05, 4.69) is 0 Å². The third-order valence-corrected chi connectivity index (χ3v) is 2.37. The second-order valence-corrected chi connectivity index (χ2v) is 3.25. The summed E-state index contributed by atoms with van der Waals surface area (Å²) in [6.07, 6.45) is 0.340. The molecule has 0 spiro atoms. The summed E-state index contributed by atoms with van der Waals surface area (Å²) in [5.74, 6) is -1.02. The lowest BCUT2D eigenvalue weighted by Crippen LogP contribution is -2.44. The molecule has 0 amide bonds. The van der Waals surface area contributed by atoms with Gasteiger partial charge in [-0.1, -0.05) is 19.1 Å². The van der Waals surface area contributed by atoms with Crippen LogP contribution in [0.2, 0.25) is 0 Å². The van der Waals surface area contributed by atoms with Crippen molar-refractivity contribution in [2.45, 2.75) is 18.9 Å². The maximum atomic E-state index is 11.0. The molecule has 1 unspecified atom stereocenters. The first-order valence-corrected chi connectivity index (χ1v) is 4.39. The van der Waals surface area contributed by atoms with E-state index < -0.39 is 11.5 Å². The van der Waals surface area contributed by atoms with Gasteiger partial charge in [0.15, 0.2) is 0 Å². The summed E-state index contributed by atoms with van der Waals surface area (Å²) in [5, 5.41) is 9.00. The summed E-state index contributed by atoms with van der Waals surface area (Å²) >= 11 is 0. The number of aliphatic carboxylic acids is 1. The van der Waals surface area contributed by atoms with Crippen molar-refractivity contribution in [3.05, 3.63) is 29.8 Å². The predicted octanol–water partition coefficient (Wildman–Crippen LogP) is 0.917. The Hall–Kier alpha value is -1.55. The zero-order chi connectivity index (χ0) is 10.8. The number of anilines is 1. The van der Waals surface area contributed by atoms with Crippen molar-refractivity contribution < 1.29 is 9.90 Å². The fourth-order valence-corrected chi connectivity index (χ4v) is 1.26. The summed E-state index contributed by atoms with van der Waals surface area (Å²) in [6.45, 7) is 1.74.